The van der Waals surface area contributed by atoms with E-state index in [2.05, 4.69) is 91.3 Å². The molecule has 0 aliphatic rings. The van der Waals surface area contributed by atoms with Crippen LogP contribution in [0.2, 0.25) is 0 Å². The highest BCUT2D eigenvalue weighted by Crippen LogP contribution is 2.32. The first-order valence-corrected chi connectivity index (χ1v) is 19.0. The molecule has 5 nitrogen and oxygen atoms in total. The summed E-state index contributed by atoms with van der Waals surface area (Å²) >= 11 is 0. The average Bonchev–Trinajstić information content (AvgIpc) is 3.11. The monoisotopic (exact) mass is 700 g/mol. The van der Waals surface area contributed by atoms with Gasteiger partial charge in [0.05, 0.1) is 18.0 Å². The smallest absolute Gasteiger partial charge is 0.270 e. The molecule has 0 fully saturated rings. The summed E-state index contributed by atoms with van der Waals surface area (Å²) < 4.78 is 38.4. The Hall–Kier alpha value is -2.87. The van der Waals surface area contributed by atoms with Gasteiger partial charge in [0.2, 0.25) is 0 Å². The minimum atomic E-state index is -2.91. The topological polar surface area (TPSA) is 37.3 Å². The molecule has 0 aromatic heterocycles. The molecule has 7 heteroatoms. The predicted octanol–water partition coefficient (Wildman–Crippen LogP) is 12.2. The van der Waals surface area contributed by atoms with E-state index in [4.69, 9.17) is 14.5 Å². The third kappa shape index (κ3) is 20.1. The molecule has 0 saturated carbocycles. The van der Waals surface area contributed by atoms with Gasteiger partial charge in [-0.1, -0.05) is 105 Å². The summed E-state index contributed by atoms with van der Waals surface area (Å²) in [6.07, 6.45) is 11.1. The van der Waals surface area contributed by atoms with E-state index >= 15 is 0 Å². The van der Waals surface area contributed by atoms with Gasteiger partial charge in [-0.25, -0.2) is 8.78 Å². The van der Waals surface area contributed by atoms with E-state index in [0.717, 1.165) is 82.5 Å². The normalized spacial score (nSPS) is 13.1. The molecule has 284 valence electrons. The maximum absolute atomic E-state index is 13.7. The van der Waals surface area contributed by atoms with Crippen LogP contribution >= 0.6 is 0 Å². The number of allylic oxidation sites excluding steroid dienone is 3. The molecule has 0 spiro atoms. The molecule has 0 aliphatic heterocycles. The van der Waals surface area contributed by atoms with E-state index in [0.29, 0.717) is 11.5 Å². The zero-order valence-corrected chi connectivity index (χ0v) is 33.8. The summed E-state index contributed by atoms with van der Waals surface area (Å²) in [6, 6.07) is 13.8. The van der Waals surface area contributed by atoms with Crippen LogP contribution in [-0.4, -0.2) is 69.0 Å². The van der Waals surface area contributed by atoms with Gasteiger partial charge in [0, 0.05) is 39.2 Å². The molecular formula is C43H71F2N3O2. The first kappa shape index (κ1) is 47.1. The lowest BCUT2D eigenvalue weighted by Crippen LogP contribution is -2.35. The lowest BCUT2D eigenvalue weighted by Gasteiger charge is -2.23. The molecule has 0 aliphatic carbocycles. The van der Waals surface area contributed by atoms with E-state index in [1.54, 1.807) is 19.2 Å². The third-order valence-corrected chi connectivity index (χ3v) is 8.61. The van der Waals surface area contributed by atoms with Crippen LogP contribution < -0.4 is 4.74 Å². The fourth-order valence-corrected chi connectivity index (χ4v) is 4.63. The number of likely N-dealkylation sites (N-methyl/N-ethyl adjacent to an activating group) is 2. The molecular weight excluding hydrogens is 628 g/mol. The average molecular weight is 700 g/mol. The first-order valence-electron chi connectivity index (χ1n) is 19.0. The number of unbranched alkanes of at least 4 members (excludes halogenated alkanes) is 2. The van der Waals surface area contributed by atoms with Crippen molar-refractivity contribution in [2.75, 3.05) is 53.5 Å². The van der Waals surface area contributed by atoms with Crippen molar-refractivity contribution in [3.05, 3.63) is 83.1 Å². The summed E-state index contributed by atoms with van der Waals surface area (Å²) in [5.41, 5.74) is 4.13. The molecule has 50 heavy (non-hydrogen) atoms. The van der Waals surface area contributed by atoms with E-state index in [9.17, 15) is 8.78 Å². The van der Waals surface area contributed by atoms with E-state index in [1.807, 2.05) is 24.3 Å². The Labute approximate surface area is 305 Å². The second-order valence-corrected chi connectivity index (χ2v) is 12.9. The number of benzene rings is 2. The Morgan fingerprint density at radius 2 is 1.54 bits per heavy atom. The Morgan fingerprint density at radius 3 is 2.04 bits per heavy atom. The van der Waals surface area contributed by atoms with E-state index < -0.39 is 5.92 Å². The van der Waals surface area contributed by atoms with Crippen LogP contribution in [0.15, 0.2) is 76.9 Å². The molecule has 0 saturated heterocycles. The number of alkyl halides is 2. The fourth-order valence-electron chi connectivity index (χ4n) is 4.63. The molecule has 0 radical (unpaired) electrons. The predicted molar refractivity (Wildman–Crippen MR) is 213 cm³/mol. The summed E-state index contributed by atoms with van der Waals surface area (Å²) in [5, 5.41) is 0. The number of hydrogen-bond acceptors (Lipinski definition) is 5. The Morgan fingerprint density at radius 1 is 0.900 bits per heavy atom. The van der Waals surface area contributed by atoms with Crippen LogP contribution in [0.3, 0.4) is 0 Å². The third-order valence-electron chi connectivity index (χ3n) is 8.61. The molecule has 2 aromatic rings. The van der Waals surface area contributed by atoms with Crippen molar-refractivity contribution in [1.29, 1.82) is 0 Å². The molecule has 1 unspecified atom stereocenters. The van der Waals surface area contributed by atoms with Crippen LogP contribution in [0, 0.1) is 5.92 Å². The van der Waals surface area contributed by atoms with Gasteiger partial charge >= 0.3 is 0 Å². The zero-order valence-electron chi connectivity index (χ0n) is 33.8. The highest BCUT2D eigenvalue weighted by atomic mass is 19.3. The number of nitrogens with zero attached hydrogens (tertiary/aromatic N) is 3. The van der Waals surface area contributed by atoms with Crippen molar-refractivity contribution in [2.24, 2.45) is 10.9 Å². The number of aliphatic imine (C=N–C) groups is 1. The van der Waals surface area contributed by atoms with Gasteiger partial charge in [0.25, 0.3) is 5.92 Å². The van der Waals surface area contributed by atoms with Crippen LogP contribution in [-0.2, 0) is 10.7 Å². The standard InChI is InChI=1S/C28H35F2NO.C10H24N2O.C5H12/c1-7-10-17-26(20(4)8-2)31-27(21(5)9-3)22-13-11-15-24(18-22)32-25-16-12-14-23(19-25)28(6,29)30;1-5-11(3)7-8-12(6-2)9-10-13-4;1-3-5-4-2/h10-19,21H,7-9H2,1-6H3;5-10H2,1-4H3;3-5H2,1-2H3/b17-10-,26-20+,31-27?;;. The zero-order chi connectivity index (χ0) is 38.0. The SMILES string of the molecule is CC/C=C\C(N=C(c1cccc(Oc2cccc(C(C)(F)F)c2)c1)C(C)CC)=C(\C)CC.CCCCC.CCN(C)CCN(CC)CCOC. The van der Waals surface area contributed by atoms with Crippen molar-refractivity contribution < 1.29 is 18.3 Å². The van der Waals surface area contributed by atoms with Gasteiger partial charge in [-0.3, -0.25) is 4.99 Å². The van der Waals surface area contributed by atoms with Gasteiger partial charge in [-0.15, -0.1) is 0 Å². The van der Waals surface area contributed by atoms with E-state index in [-0.39, 0.29) is 11.5 Å². The minimum absolute atomic E-state index is 0.0689. The second-order valence-electron chi connectivity index (χ2n) is 12.9. The molecule has 0 heterocycles. The first-order chi connectivity index (χ1) is 23.8. The Balaban J connectivity index is 0.00000110. The second kappa shape index (κ2) is 27.8. The highest BCUT2D eigenvalue weighted by Gasteiger charge is 2.24. The number of halogens is 2. The van der Waals surface area contributed by atoms with Crippen molar-refractivity contribution in [3.63, 3.8) is 0 Å². The van der Waals surface area contributed by atoms with Gasteiger partial charge in [-0.2, -0.15) is 0 Å². The molecule has 0 N–H and O–H groups in total. The van der Waals surface area contributed by atoms with Gasteiger partial charge in [0.1, 0.15) is 11.5 Å². The maximum atomic E-state index is 13.7. The molecule has 2 rings (SSSR count). The largest absolute Gasteiger partial charge is 0.457 e. The lowest BCUT2D eigenvalue weighted by atomic mass is 9.95. The number of ether oxygens (including phenoxy) is 2. The summed E-state index contributed by atoms with van der Waals surface area (Å²) in [7, 11) is 3.91. The summed E-state index contributed by atoms with van der Waals surface area (Å²) in [4.78, 5) is 9.82. The molecule has 0 bridgehead atoms. The number of methoxy groups -OCH3 is 1. The van der Waals surface area contributed by atoms with Crippen molar-refractivity contribution in [3.8, 4) is 11.5 Å². The minimum Gasteiger partial charge on any atom is -0.457 e. The van der Waals surface area contributed by atoms with Crippen molar-refractivity contribution in [1.82, 2.24) is 9.80 Å². The van der Waals surface area contributed by atoms with Gasteiger partial charge in [0.15, 0.2) is 0 Å². The summed E-state index contributed by atoms with van der Waals surface area (Å²) in [5.74, 6) is -1.68. The molecule has 2 aromatic carbocycles. The van der Waals surface area contributed by atoms with E-state index in [1.165, 1.54) is 37.0 Å². The van der Waals surface area contributed by atoms with Crippen LogP contribution in [0.25, 0.3) is 0 Å². The summed E-state index contributed by atoms with van der Waals surface area (Å²) in [6.45, 7) is 26.8. The van der Waals surface area contributed by atoms with Crippen LogP contribution in [0.5, 0.6) is 11.5 Å². The maximum Gasteiger partial charge on any atom is 0.270 e. The van der Waals surface area contributed by atoms with Gasteiger partial charge in [-0.05, 0) is 93.7 Å². The lowest BCUT2D eigenvalue weighted by molar-refractivity contribution is 0.0173. The fraction of sp³-hybridized carbons (Fsp3) is 0.605. The quantitative estimate of drug-likeness (QED) is 0.102. The molecule has 0 amide bonds. The number of hydrogen-bond donors (Lipinski definition) is 0. The number of rotatable bonds is 20. The van der Waals surface area contributed by atoms with Crippen LogP contribution in [0.4, 0.5) is 8.78 Å². The molecule has 1 atom stereocenters. The van der Waals surface area contributed by atoms with Crippen LogP contribution in [0.1, 0.15) is 119 Å². The Kier molecular flexibility index (Phi) is 26.2. The Bertz CT molecular complexity index is 1250. The van der Waals surface area contributed by atoms with Gasteiger partial charge < -0.3 is 19.3 Å². The van der Waals surface area contributed by atoms with Crippen molar-refractivity contribution >= 4 is 5.71 Å². The van der Waals surface area contributed by atoms with Crippen molar-refractivity contribution in [2.45, 2.75) is 114 Å². The highest BCUT2D eigenvalue weighted by molar-refractivity contribution is 6.03.